The summed E-state index contributed by atoms with van der Waals surface area (Å²) < 4.78 is 6.82. The van der Waals surface area contributed by atoms with Gasteiger partial charge in [-0.05, 0) is 12.1 Å². The van der Waals surface area contributed by atoms with Crippen LogP contribution in [-0.4, -0.2) is 25.4 Å². The van der Waals surface area contributed by atoms with Crippen molar-refractivity contribution in [3.8, 4) is 11.6 Å². The zero-order valence-electron chi connectivity index (χ0n) is 8.57. The van der Waals surface area contributed by atoms with Crippen LogP contribution in [0.1, 0.15) is 10.5 Å². The van der Waals surface area contributed by atoms with Gasteiger partial charge in [-0.2, -0.15) is 0 Å². The van der Waals surface area contributed by atoms with Crippen molar-refractivity contribution in [2.45, 2.75) is 0 Å². The van der Waals surface area contributed by atoms with Crippen molar-refractivity contribution in [2.75, 3.05) is 0 Å². The number of nitrogens with zero attached hydrogens (tertiary/aromatic N) is 3. The molecule has 0 aliphatic rings. The summed E-state index contributed by atoms with van der Waals surface area (Å²) in [6.07, 6.45) is 4.43. The van der Waals surface area contributed by atoms with Gasteiger partial charge in [0, 0.05) is 6.20 Å². The van der Waals surface area contributed by atoms with Crippen LogP contribution in [0.2, 0.25) is 0 Å². The van der Waals surface area contributed by atoms with Crippen LogP contribution in [0.15, 0.2) is 41.3 Å². The van der Waals surface area contributed by atoms with E-state index in [2.05, 4.69) is 9.97 Å². The number of rotatable bonds is 2. The summed E-state index contributed by atoms with van der Waals surface area (Å²) in [5, 5.41) is 8.89. The Labute approximate surface area is 95.2 Å². The Balaban J connectivity index is 2.29. The first-order valence-corrected chi connectivity index (χ1v) is 4.87. The molecule has 0 unspecified atom stereocenters. The Morgan fingerprint density at radius 3 is 3.00 bits per heavy atom. The number of aromatic nitrogens is 3. The third-order valence-electron chi connectivity index (χ3n) is 2.36. The van der Waals surface area contributed by atoms with Crippen molar-refractivity contribution >= 4 is 11.6 Å². The Hall–Kier alpha value is -2.63. The highest BCUT2D eigenvalue weighted by Gasteiger charge is 2.13. The smallest absolute Gasteiger partial charge is 0.356 e. The first kappa shape index (κ1) is 9.59. The van der Waals surface area contributed by atoms with E-state index in [4.69, 9.17) is 9.52 Å². The molecule has 3 aromatic heterocycles. The van der Waals surface area contributed by atoms with E-state index in [0.29, 0.717) is 17.2 Å². The van der Waals surface area contributed by atoms with E-state index in [1.165, 1.54) is 18.7 Å². The van der Waals surface area contributed by atoms with Gasteiger partial charge in [0.05, 0.1) is 6.20 Å². The Kier molecular flexibility index (Phi) is 1.94. The largest absolute Gasteiger partial charge is 0.476 e. The highest BCUT2D eigenvalue weighted by molar-refractivity contribution is 5.86. The Morgan fingerprint density at radius 1 is 1.41 bits per heavy atom. The fourth-order valence-corrected chi connectivity index (χ4v) is 1.64. The molecule has 0 amide bonds. The zero-order chi connectivity index (χ0) is 11.8. The van der Waals surface area contributed by atoms with Crippen LogP contribution in [0.5, 0.6) is 0 Å². The number of hydrogen-bond donors (Lipinski definition) is 1. The highest BCUT2D eigenvalue weighted by atomic mass is 16.4. The van der Waals surface area contributed by atoms with E-state index in [-0.39, 0.29) is 5.69 Å². The maximum Gasteiger partial charge on any atom is 0.356 e. The number of hydrogen-bond acceptors (Lipinski definition) is 4. The van der Waals surface area contributed by atoms with E-state index in [0.717, 1.165) is 0 Å². The Morgan fingerprint density at radius 2 is 2.29 bits per heavy atom. The van der Waals surface area contributed by atoms with Gasteiger partial charge in [0.2, 0.25) is 5.89 Å². The molecule has 84 valence electrons. The SMILES string of the molecule is O=C(O)c1cn2c(-c3ncco3)cccc2n1. The van der Waals surface area contributed by atoms with Gasteiger partial charge < -0.3 is 9.52 Å². The topological polar surface area (TPSA) is 80.6 Å². The number of carboxylic acids is 1. The maximum absolute atomic E-state index is 10.9. The number of aromatic carboxylic acids is 1. The lowest BCUT2D eigenvalue weighted by Gasteiger charge is -1.99. The number of carboxylic acid groups (broad SMARTS) is 1. The summed E-state index contributed by atoms with van der Waals surface area (Å²) in [6.45, 7) is 0. The molecular weight excluding hydrogens is 222 g/mol. The molecule has 1 N–H and O–H groups in total. The fraction of sp³-hybridized carbons (Fsp3) is 0. The number of oxazole rings is 1. The van der Waals surface area contributed by atoms with Crippen LogP contribution in [0.3, 0.4) is 0 Å². The molecule has 0 fully saturated rings. The third-order valence-corrected chi connectivity index (χ3v) is 2.36. The van der Waals surface area contributed by atoms with Crippen LogP contribution in [0, 0.1) is 0 Å². The number of pyridine rings is 1. The van der Waals surface area contributed by atoms with Crippen molar-refractivity contribution < 1.29 is 14.3 Å². The molecule has 0 aliphatic carbocycles. The second-order valence-electron chi connectivity index (χ2n) is 3.41. The normalized spacial score (nSPS) is 10.8. The summed E-state index contributed by atoms with van der Waals surface area (Å²) in [7, 11) is 0. The lowest BCUT2D eigenvalue weighted by Crippen LogP contribution is -1.95. The summed E-state index contributed by atoms with van der Waals surface area (Å²) >= 11 is 0. The van der Waals surface area contributed by atoms with E-state index in [1.807, 2.05) is 0 Å². The minimum atomic E-state index is -1.06. The van der Waals surface area contributed by atoms with Crippen molar-refractivity contribution in [1.82, 2.24) is 14.4 Å². The number of fused-ring (bicyclic) bond motifs is 1. The molecule has 3 aromatic rings. The molecule has 3 heterocycles. The lowest BCUT2D eigenvalue weighted by atomic mass is 10.3. The molecule has 0 aromatic carbocycles. The number of carbonyl (C=O) groups is 1. The van der Waals surface area contributed by atoms with Gasteiger partial charge in [0.1, 0.15) is 17.6 Å². The molecule has 0 spiro atoms. The molecular formula is C11H7N3O3. The second-order valence-corrected chi connectivity index (χ2v) is 3.41. The molecule has 3 rings (SSSR count). The standard InChI is InChI=1S/C11H7N3O3/c15-11(16)7-6-14-8(10-12-4-5-17-10)2-1-3-9(14)13-7/h1-6H,(H,15,16). The van der Waals surface area contributed by atoms with Crippen molar-refractivity contribution in [3.63, 3.8) is 0 Å². The molecule has 0 atom stereocenters. The van der Waals surface area contributed by atoms with E-state index < -0.39 is 5.97 Å². The van der Waals surface area contributed by atoms with E-state index in [9.17, 15) is 4.79 Å². The summed E-state index contributed by atoms with van der Waals surface area (Å²) in [5.74, 6) is -0.642. The quantitative estimate of drug-likeness (QED) is 0.723. The average molecular weight is 229 g/mol. The van der Waals surface area contributed by atoms with Gasteiger partial charge in [-0.1, -0.05) is 6.07 Å². The third kappa shape index (κ3) is 1.46. The summed E-state index contributed by atoms with van der Waals surface area (Å²) in [4.78, 5) is 18.9. The molecule has 6 heteroatoms. The molecule has 0 bridgehead atoms. The number of imidazole rings is 1. The van der Waals surface area contributed by atoms with Crippen LogP contribution >= 0.6 is 0 Å². The first-order chi connectivity index (χ1) is 8.25. The van der Waals surface area contributed by atoms with Crippen molar-refractivity contribution in [2.24, 2.45) is 0 Å². The fourth-order valence-electron chi connectivity index (χ4n) is 1.64. The van der Waals surface area contributed by atoms with Gasteiger partial charge in [-0.3, -0.25) is 4.40 Å². The maximum atomic E-state index is 10.9. The van der Waals surface area contributed by atoms with Crippen LogP contribution in [-0.2, 0) is 0 Å². The van der Waals surface area contributed by atoms with Crippen LogP contribution < -0.4 is 0 Å². The summed E-state index contributed by atoms with van der Waals surface area (Å²) in [6, 6.07) is 5.28. The van der Waals surface area contributed by atoms with Gasteiger partial charge in [-0.15, -0.1) is 0 Å². The van der Waals surface area contributed by atoms with E-state index >= 15 is 0 Å². The minimum Gasteiger partial charge on any atom is -0.476 e. The van der Waals surface area contributed by atoms with Crippen LogP contribution in [0.4, 0.5) is 0 Å². The predicted octanol–water partition coefficient (Wildman–Crippen LogP) is 1.69. The van der Waals surface area contributed by atoms with Crippen LogP contribution in [0.25, 0.3) is 17.2 Å². The highest BCUT2D eigenvalue weighted by Crippen LogP contribution is 2.19. The molecule has 0 aliphatic heterocycles. The Bertz CT molecular complexity index is 685. The van der Waals surface area contributed by atoms with Gasteiger partial charge in [0.15, 0.2) is 5.69 Å². The molecule has 0 saturated heterocycles. The monoisotopic (exact) mass is 229 g/mol. The second kappa shape index (κ2) is 3.44. The molecule has 0 saturated carbocycles. The van der Waals surface area contributed by atoms with Crippen molar-refractivity contribution in [3.05, 3.63) is 42.5 Å². The molecule has 6 nitrogen and oxygen atoms in total. The molecule has 17 heavy (non-hydrogen) atoms. The van der Waals surface area contributed by atoms with Gasteiger partial charge >= 0.3 is 5.97 Å². The van der Waals surface area contributed by atoms with E-state index in [1.54, 1.807) is 22.6 Å². The van der Waals surface area contributed by atoms with Gasteiger partial charge in [0.25, 0.3) is 0 Å². The first-order valence-electron chi connectivity index (χ1n) is 4.87. The minimum absolute atomic E-state index is 0.0102. The predicted molar refractivity (Wildman–Crippen MR) is 57.6 cm³/mol. The van der Waals surface area contributed by atoms with Gasteiger partial charge in [-0.25, -0.2) is 14.8 Å². The summed E-state index contributed by atoms with van der Waals surface area (Å²) in [5.41, 5.74) is 1.19. The lowest BCUT2D eigenvalue weighted by molar-refractivity contribution is 0.0691. The average Bonchev–Trinajstić information content (AvgIpc) is 2.97. The van der Waals surface area contributed by atoms with Crippen molar-refractivity contribution in [1.29, 1.82) is 0 Å². The molecule has 0 radical (unpaired) electrons. The zero-order valence-corrected chi connectivity index (χ0v) is 8.57.